The maximum Gasteiger partial charge on any atom is 0.206 e. The molecule has 0 bridgehead atoms. The number of hydrogen-bond acceptors (Lipinski definition) is 6. The molecule has 21 heavy (non-hydrogen) atoms. The molecule has 110 valence electrons. The van der Waals surface area contributed by atoms with E-state index in [0.717, 1.165) is 40.8 Å². The van der Waals surface area contributed by atoms with E-state index >= 15 is 0 Å². The molecule has 1 unspecified atom stereocenters. The molecule has 4 nitrogen and oxygen atoms in total. The second-order valence-corrected chi connectivity index (χ2v) is 7.35. The smallest absolute Gasteiger partial charge is 0.206 e. The number of carbonyl (C=O) groups is 1. The zero-order chi connectivity index (χ0) is 14.7. The van der Waals surface area contributed by atoms with Gasteiger partial charge in [0.05, 0.1) is 5.25 Å². The predicted octanol–water partition coefficient (Wildman–Crippen LogP) is 3.65. The first-order valence-electron chi connectivity index (χ1n) is 7.14. The molecule has 0 fully saturated rings. The number of thioether (sulfide) groups is 1. The third-order valence-electron chi connectivity index (χ3n) is 3.47. The van der Waals surface area contributed by atoms with E-state index < -0.39 is 0 Å². The summed E-state index contributed by atoms with van der Waals surface area (Å²) in [4.78, 5) is 12.7. The number of hydrogen-bond donors (Lipinski definition) is 1. The second-order valence-electron chi connectivity index (χ2n) is 4.92. The summed E-state index contributed by atoms with van der Waals surface area (Å²) in [7, 11) is 0. The molecule has 1 atom stereocenters. The van der Waals surface area contributed by atoms with Crippen molar-refractivity contribution in [3.63, 3.8) is 0 Å². The van der Waals surface area contributed by atoms with Crippen molar-refractivity contribution in [2.75, 3.05) is 11.9 Å². The number of anilines is 1. The van der Waals surface area contributed by atoms with Crippen LogP contribution in [-0.2, 0) is 6.42 Å². The van der Waals surface area contributed by atoms with Crippen LogP contribution in [0.25, 0.3) is 0 Å². The van der Waals surface area contributed by atoms with E-state index in [9.17, 15) is 4.79 Å². The Labute approximate surface area is 132 Å². The largest absolute Gasteiger partial charge is 0.360 e. The minimum atomic E-state index is -0.0453. The van der Waals surface area contributed by atoms with Crippen LogP contribution >= 0.6 is 23.1 Å². The van der Waals surface area contributed by atoms with Gasteiger partial charge in [-0.3, -0.25) is 4.79 Å². The number of carbonyl (C=O) groups excluding carboxylic acids is 1. The quantitative estimate of drug-likeness (QED) is 0.872. The van der Waals surface area contributed by atoms with Gasteiger partial charge in [0, 0.05) is 12.1 Å². The van der Waals surface area contributed by atoms with Gasteiger partial charge in [0.1, 0.15) is 0 Å². The molecule has 0 spiro atoms. The van der Waals surface area contributed by atoms with Crippen molar-refractivity contribution in [1.82, 2.24) is 10.2 Å². The summed E-state index contributed by atoms with van der Waals surface area (Å²) in [5.74, 6) is 0.230. The van der Waals surface area contributed by atoms with Crippen LogP contribution in [0.1, 0.15) is 35.7 Å². The van der Waals surface area contributed by atoms with E-state index in [4.69, 9.17) is 0 Å². The fourth-order valence-electron chi connectivity index (χ4n) is 2.48. The van der Waals surface area contributed by atoms with Crippen molar-refractivity contribution in [2.24, 2.45) is 0 Å². The first-order chi connectivity index (χ1) is 10.3. The van der Waals surface area contributed by atoms with Crippen molar-refractivity contribution in [3.05, 3.63) is 35.4 Å². The molecule has 1 heterocycles. The number of ketones is 1. The molecule has 1 N–H and O–H groups in total. The van der Waals surface area contributed by atoms with E-state index in [1.165, 1.54) is 16.9 Å². The first kappa shape index (κ1) is 14.5. The minimum absolute atomic E-state index is 0.0453. The van der Waals surface area contributed by atoms with Gasteiger partial charge in [-0.15, -0.1) is 10.2 Å². The Bertz CT molecular complexity index is 641. The van der Waals surface area contributed by atoms with Crippen molar-refractivity contribution < 1.29 is 4.79 Å². The van der Waals surface area contributed by atoms with Crippen LogP contribution in [0.2, 0.25) is 0 Å². The Morgan fingerprint density at radius 3 is 3.10 bits per heavy atom. The molecular formula is C15H17N3OS2. The highest BCUT2D eigenvalue weighted by Crippen LogP contribution is 2.35. The lowest BCUT2D eigenvalue weighted by atomic mass is 10.0. The summed E-state index contributed by atoms with van der Waals surface area (Å²) in [6, 6.07) is 7.96. The molecule has 6 heteroatoms. The van der Waals surface area contributed by atoms with Crippen LogP contribution in [0.3, 0.4) is 0 Å². The Morgan fingerprint density at radius 2 is 2.24 bits per heavy atom. The number of rotatable bonds is 4. The highest BCUT2D eigenvalue weighted by atomic mass is 32.2. The molecule has 0 saturated carbocycles. The van der Waals surface area contributed by atoms with Crippen molar-refractivity contribution in [3.8, 4) is 0 Å². The highest BCUT2D eigenvalue weighted by molar-refractivity contribution is 8.02. The van der Waals surface area contributed by atoms with Crippen molar-refractivity contribution >= 4 is 34.0 Å². The minimum Gasteiger partial charge on any atom is -0.360 e. The van der Waals surface area contributed by atoms with Crippen LogP contribution in [0.5, 0.6) is 0 Å². The van der Waals surface area contributed by atoms with Gasteiger partial charge < -0.3 is 5.32 Å². The van der Waals surface area contributed by atoms with Crippen LogP contribution in [0, 0.1) is 0 Å². The van der Waals surface area contributed by atoms with Gasteiger partial charge in [0.25, 0.3) is 0 Å². The standard InChI is InChI=1S/C15H17N3OS2/c1-2-16-14-17-18-15(21-14)20-12-9-5-7-10-6-3-4-8-11(10)13(12)19/h3-4,6,8,12H,2,5,7,9H2,1H3,(H,16,17). The molecule has 2 aromatic rings. The molecule has 3 rings (SSSR count). The normalized spacial score (nSPS) is 18.1. The van der Waals surface area contributed by atoms with Gasteiger partial charge in [-0.05, 0) is 31.7 Å². The zero-order valence-corrected chi connectivity index (χ0v) is 13.5. The van der Waals surface area contributed by atoms with Gasteiger partial charge in [0.2, 0.25) is 5.13 Å². The van der Waals surface area contributed by atoms with E-state index in [-0.39, 0.29) is 11.0 Å². The SMILES string of the molecule is CCNc1nnc(SC2CCCc3ccccc3C2=O)s1. The number of nitrogens with zero attached hydrogens (tertiary/aromatic N) is 2. The number of fused-ring (bicyclic) bond motifs is 1. The summed E-state index contributed by atoms with van der Waals surface area (Å²) in [5, 5.41) is 12.2. The Hall–Kier alpha value is -1.40. The molecule has 1 aromatic carbocycles. The van der Waals surface area contributed by atoms with Gasteiger partial charge >= 0.3 is 0 Å². The molecule has 0 saturated heterocycles. The van der Waals surface area contributed by atoms with Gasteiger partial charge in [-0.25, -0.2) is 0 Å². The number of benzene rings is 1. The lowest BCUT2D eigenvalue weighted by Crippen LogP contribution is -2.16. The summed E-state index contributed by atoms with van der Waals surface area (Å²) in [6.07, 6.45) is 2.92. The molecule has 0 aliphatic heterocycles. The fourth-order valence-corrected chi connectivity index (χ4v) is 4.65. The highest BCUT2D eigenvalue weighted by Gasteiger charge is 2.27. The van der Waals surface area contributed by atoms with Gasteiger partial charge in [-0.2, -0.15) is 0 Å². The number of nitrogens with one attached hydrogen (secondary N) is 1. The molecule has 0 amide bonds. The number of Topliss-reactive ketones (excluding diaryl/α,β-unsaturated/α-hetero) is 1. The maximum atomic E-state index is 12.7. The van der Waals surface area contributed by atoms with Crippen molar-refractivity contribution in [2.45, 2.75) is 35.8 Å². The predicted molar refractivity (Wildman–Crippen MR) is 87.4 cm³/mol. The molecule has 0 radical (unpaired) electrons. The van der Waals surface area contributed by atoms with Gasteiger partial charge in [0.15, 0.2) is 10.1 Å². The van der Waals surface area contributed by atoms with E-state index in [2.05, 4.69) is 21.6 Å². The molecule has 1 aliphatic rings. The van der Waals surface area contributed by atoms with Crippen LogP contribution in [-0.4, -0.2) is 27.8 Å². The van der Waals surface area contributed by atoms with Crippen LogP contribution < -0.4 is 5.32 Å². The number of aryl methyl sites for hydroxylation is 1. The summed E-state index contributed by atoms with van der Waals surface area (Å²) in [6.45, 7) is 2.86. The Balaban J connectivity index is 1.77. The molecular weight excluding hydrogens is 302 g/mol. The number of aromatic nitrogens is 2. The lowest BCUT2D eigenvalue weighted by Gasteiger charge is -2.10. The lowest BCUT2D eigenvalue weighted by molar-refractivity contribution is 0.0988. The van der Waals surface area contributed by atoms with Crippen LogP contribution in [0.4, 0.5) is 5.13 Å². The summed E-state index contributed by atoms with van der Waals surface area (Å²) < 4.78 is 0.865. The molecule has 1 aromatic heterocycles. The first-order valence-corrected chi connectivity index (χ1v) is 8.83. The van der Waals surface area contributed by atoms with Gasteiger partial charge in [-0.1, -0.05) is 47.4 Å². The topological polar surface area (TPSA) is 54.9 Å². The van der Waals surface area contributed by atoms with Crippen LogP contribution in [0.15, 0.2) is 28.6 Å². The third kappa shape index (κ3) is 3.27. The Kier molecular flexibility index (Phi) is 4.55. The zero-order valence-electron chi connectivity index (χ0n) is 11.8. The molecule has 1 aliphatic carbocycles. The van der Waals surface area contributed by atoms with E-state index in [1.807, 2.05) is 25.1 Å². The maximum absolute atomic E-state index is 12.7. The van der Waals surface area contributed by atoms with E-state index in [0.29, 0.717) is 0 Å². The fraction of sp³-hybridized carbons (Fsp3) is 0.400. The summed E-state index contributed by atoms with van der Waals surface area (Å²) >= 11 is 3.07. The van der Waals surface area contributed by atoms with E-state index in [1.54, 1.807) is 11.8 Å². The third-order valence-corrected chi connectivity index (χ3v) is 5.70. The monoisotopic (exact) mass is 319 g/mol. The Morgan fingerprint density at radius 1 is 1.38 bits per heavy atom. The summed E-state index contributed by atoms with van der Waals surface area (Å²) in [5.41, 5.74) is 2.06. The van der Waals surface area contributed by atoms with Crippen molar-refractivity contribution in [1.29, 1.82) is 0 Å². The second kappa shape index (κ2) is 6.58. The average Bonchev–Trinajstić information content (AvgIpc) is 2.87. The average molecular weight is 319 g/mol.